The molecule has 2 N–H and O–H groups in total. The lowest BCUT2D eigenvalue weighted by molar-refractivity contribution is -0.142. The first kappa shape index (κ1) is 14.4. The molecular formula is C13H18FNO3. The van der Waals surface area contributed by atoms with E-state index in [9.17, 15) is 9.18 Å². The van der Waals surface area contributed by atoms with Crippen LogP contribution in [0.25, 0.3) is 0 Å². The fraction of sp³-hybridized carbons (Fsp3) is 0.462. The van der Waals surface area contributed by atoms with Gasteiger partial charge >= 0.3 is 5.97 Å². The highest BCUT2D eigenvalue weighted by atomic mass is 19.1. The van der Waals surface area contributed by atoms with Crippen molar-refractivity contribution in [1.29, 1.82) is 0 Å². The summed E-state index contributed by atoms with van der Waals surface area (Å²) >= 11 is 0. The van der Waals surface area contributed by atoms with Crippen LogP contribution in [-0.4, -0.2) is 25.7 Å². The second-order valence-corrected chi connectivity index (χ2v) is 3.87. The van der Waals surface area contributed by atoms with E-state index in [1.165, 1.54) is 13.2 Å². The second-order valence-electron chi connectivity index (χ2n) is 3.87. The molecule has 0 radical (unpaired) electrons. The van der Waals surface area contributed by atoms with Crippen molar-refractivity contribution in [2.24, 2.45) is 5.73 Å². The topological polar surface area (TPSA) is 61.5 Å². The number of hydrogen-bond acceptors (Lipinski definition) is 4. The Morgan fingerprint density at radius 3 is 2.78 bits per heavy atom. The summed E-state index contributed by atoms with van der Waals surface area (Å²) in [5.41, 5.74) is 6.37. The normalized spacial score (nSPS) is 12.0. The molecule has 0 aliphatic heterocycles. The number of rotatable bonds is 6. The standard InChI is InChI=1S/C13H18FNO3/c1-3-18-12-7-5-9(8-10(12)14)4-6-11(15)13(16)17-2/h5,7-8,11H,3-4,6,15H2,1-2H3. The summed E-state index contributed by atoms with van der Waals surface area (Å²) in [5, 5.41) is 0. The molecule has 0 heterocycles. The van der Waals surface area contributed by atoms with Crippen LogP contribution in [0.1, 0.15) is 18.9 Å². The van der Waals surface area contributed by atoms with Gasteiger partial charge in [0.05, 0.1) is 13.7 Å². The van der Waals surface area contributed by atoms with Gasteiger partial charge in [-0.3, -0.25) is 4.79 Å². The Labute approximate surface area is 106 Å². The summed E-state index contributed by atoms with van der Waals surface area (Å²) in [6.07, 6.45) is 0.930. The third kappa shape index (κ3) is 4.00. The van der Waals surface area contributed by atoms with Gasteiger partial charge in [-0.15, -0.1) is 0 Å². The molecule has 1 atom stereocenters. The molecule has 0 aliphatic rings. The van der Waals surface area contributed by atoms with Gasteiger partial charge in [0.1, 0.15) is 6.04 Å². The number of benzene rings is 1. The Morgan fingerprint density at radius 1 is 1.50 bits per heavy atom. The molecule has 18 heavy (non-hydrogen) atoms. The van der Waals surface area contributed by atoms with Gasteiger partial charge in [-0.2, -0.15) is 0 Å². The highest BCUT2D eigenvalue weighted by Gasteiger charge is 2.13. The summed E-state index contributed by atoms with van der Waals surface area (Å²) in [7, 11) is 1.29. The van der Waals surface area contributed by atoms with Gasteiger partial charge in [0.25, 0.3) is 0 Å². The Hall–Kier alpha value is -1.62. The molecule has 0 fully saturated rings. The predicted molar refractivity (Wildman–Crippen MR) is 65.9 cm³/mol. The van der Waals surface area contributed by atoms with Gasteiger partial charge < -0.3 is 15.2 Å². The van der Waals surface area contributed by atoms with E-state index in [1.807, 2.05) is 0 Å². The van der Waals surface area contributed by atoms with Crippen LogP contribution in [-0.2, 0) is 16.0 Å². The SMILES string of the molecule is CCOc1ccc(CCC(N)C(=O)OC)cc1F. The smallest absolute Gasteiger partial charge is 0.322 e. The van der Waals surface area contributed by atoms with Crippen LogP contribution < -0.4 is 10.5 Å². The van der Waals surface area contributed by atoms with Crippen LogP contribution in [0.2, 0.25) is 0 Å². The lowest BCUT2D eigenvalue weighted by Crippen LogP contribution is -2.31. The molecule has 0 bridgehead atoms. The van der Waals surface area contributed by atoms with E-state index < -0.39 is 17.8 Å². The Bertz CT molecular complexity index is 409. The molecule has 0 saturated heterocycles. The van der Waals surface area contributed by atoms with E-state index >= 15 is 0 Å². The zero-order valence-corrected chi connectivity index (χ0v) is 10.6. The number of nitrogens with two attached hydrogens (primary N) is 1. The van der Waals surface area contributed by atoms with Gasteiger partial charge in [-0.25, -0.2) is 4.39 Å². The number of ether oxygens (including phenoxy) is 2. The van der Waals surface area contributed by atoms with Gasteiger partial charge in [0.2, 0.25) is 0 Å². The molecule has 1 aromatic rings. The van der Waals surface area contributed by atoms with Crippen LogP contribution in [0, 0.1) is 5.82 Å². The maximum absolute atomic E-state index is 13.5. The molecule has 100 valence electrons. The molecule has 1 rings (SSSR count). The molecule has 0 amide bonds. The molecule has 4 nitrogen and oxygen atoms in total. The first-order valence-electron chi connectivity index (χ1n) is 5.83. The summed E-state index contributed by atoms with van der Waals surface area (Å²) in [6.45, 7) is 2.21. The van der Waals surface area contributed by atoms with E-state index in [1.54, 1.807) is 19.1 Å². The van der Waals surface area contributed by atoms with Crippen molar-refractivity contribution in [3.05, 3.63) is 29.6 Å². The van der Waals surface area contributed by atoms with Crippen molar-refractivity contribution in [2.45, 2.75) is 25.8 Å². The van der Waals surface area contributed by atoms with Crippen molar-refractivity contribution >= 4 is 5.97 Å². The van der Waals surface area contributed by atoms with Gasteiger partial charge in [0.15, 0.2) is 11.6 Å². The summed E-state index contributed by atoms with van der Waals surface area (Å²) in [5.74, 6) is -0.624. The number of halogens is 1. The average molecular weight is 255 g/mol. The van der Waals surface area contributed by atoms with E-state index in [-0.39, 0.29) is 5.75 Å². The molecule has 0 aromatic heterocycles. The minimum Gasteiger partial charge on any atom is -0.491 e. The molecule has 5 heteroatoms. The van der Waals surface area contributed by atoms with Gasteiger partial charge in [0, 0.05) is 0 Å². The monoisotopic (exact) mass is 255 g/mol. The maximum Gasteiger partial charge on any atom is 0.322 e. The van der Waals surface area contributed by atoms with Crippen molar-refractivity contribution in [3.8, 4) is 5.75 Å². The average Bonchev–Trinajstić information content (AvgIpc) is 2.38. The third-order valence-corrected chi connectivity index (χ3v) is 2.54. The van der Waals surface area contributed by atoms with Crippen molar-refractivity contribution < 1.29 is 18.7 Å². The molecule has 0 aliphatic carbocycles. The number of esters is 1. The first-order valence-corrected chi connectivity index (χ1v) is 5.83. The largest absolute Gasteiger partial charge is 0.491 e. The van der Waals surface area contributed by atoms with Crippen molar-refractivity contribution in [2.75, 3.05) is 13.7 Å². The van der Waals surface area contributed by atoms with Crippen LogP contribution in [0.5, 0.6) is 5.75 Å². The molecule has 0 saturated carbocycles. The van der Waals surface area contributed by atoms with E-state index in [0.29, 0.717) is 19.4 Å². The molecule has 1 aromatic carbocycles. The number of hydrogen-bond donors (Lipinski definition) is 1. The first-order chi connectivity index (χ1) is 8.58. The third-order valence-electron chi connectivity index (χ3n) is 2.54. The zero-order chi connectivity index (χ0) is 13.5. The fourth-order valence-electron chi connectivity index (χ4n) is 1.56. The Balaban J connectivity index is 2.58. The highest BCUT2D eigenvalue weighted by molar-refractivity contribution is 5.75. The van der Waals surface area contributed by atoms with E-state index in [0.717, 1.165) is 5.56 Å². The molecular weight excluding hydrogens is 237 g/mol. The van der Waals surface area contributed by atoms with Gasteiger partial charge in [-0.1, -0.05) is 6.07 Å². The molecule has 1 unspecified atom stereocenters. The predicted octanol–water partition coefficient (Wildman–Crippen LogP) is 1.66. The minimum absolute atomic E-state index is 0.235. The summed E-state index contributed by atoms with van der Waals surface area (Å²) in [6, 6.07) is 4.06. The van der Waals surface area contributed by atoms with Crippen LogP contribution >= 0.6 is 0 Å². The number of carbonyl (C=O) groups excluding carboxylic acids is 1. The summed E-state index contributed by atoms with van der Waals surface area (Å²) < 4.78 is 23.2. The zero-order valence-electron chi connectivity index (χ0n) is 10.6. The van der Waals surface area contributed by atoms with Crippen molar-refractivity contribution in [1.82, 2.24) is 0 Å². The van der Waals surface area contributed by atoms with Crippen molar-refractivity contribution in [3.63, 3.8) is 0 Å². The van der Waals surface area contributed by atoms with Crippen LogP contribution in [0.4, 0.5) is 4.39 Å². The summed E-state index contributed by atoms with van der Waals surface area (Å²) in [4.78, 5) is 11.1. The maximum atomic E-state index is 13.5. The number of carbonyl (C=O) groups is 1. The quantitative estimate of drug-likeness (QED) is 0.785. The Kier molecular flexibility index (Phi) is 5.58. The number of methoxy groups -OCH3 is 1. The highest BCUT2D eigenvalue weighted by Crippen LogP contribution is 2.19. The second kappa shape index (κ2) is 6.96. The van der Waals surface area contributed by atoms with Crippen LogP contribution in [0.15, 0.2) is 18.2 Å². The Morgan fingerprint density at radius 2 is 2.22 bits per heavy atom. The molecule has 0 spiro atoms. The van der Waals surface area contributed by atoms with Crippen LogP contribution in [0.3, 0.4) is 0 Å². The fourth-order valence-corrected chi connectivity index (χ4v) is 1.56. The minimum atomic E-state index is -0.676. The lowest BCUT2D eigenvalue weighted by Gasteiger charge is -2.10. The number of aryl methyl sites for hydroxylation is 1. The van der Waals surface area contributed by atoms with Gasteiger partial charge in [-0.05, 0) is 37.5 Å². The van der Waals surface area contributed by atoms with E-state index in [2.05, 4.69) is 4.74 Å². The lowest BCUT2D eigenvalue weighted by atomic mass is 10.1. The van der Waals surface area contributed by atoms with E-state index in [4.69, 9.17) is 10.5 Å².